The molecule has 11 heavy (non-hydrogen) atoms. The summed E-state index contributed by atoms with van der Waals surface area (Å²) in [5, 5.41) is 0. The molecule has 0 aromatic heterocycles. The Morgan fingerprint density at radius 3 is 2.18 bits per heavy atom. The lowest BCUT2D eigenvalue weighted by atomic mass is 10.1. The lowest BCUT2D eigenvalue weighted by Gasteiger charge is -2.19. The normalized spacial score (nSPS) is 31.6. The minimum Gasteiger partial charge on any atom is -0.397 e. The zero-order valence-electron chi connectivity index (χ0n) is 7.59. The first-order valence-electron chi connectivity index (χ1n) is 4.24. The quantitative estimate of drug-likeness (QED) is 0.607. The van der Waals surface area contributed by atoms with E-state index < -0.39 is 9.28 Å². The Morgan fingerprint density at radius 2 is 1.82 bits per heavy atom. The van der Waals surface area contributed by atoms with Gasteiger partial charge in [-0.05, 0) is 12.3 Å². The van der Waals surface area contributed by atoms with Gasteiger partial charge in [0.05, 0.1) is 0 Å². The Balaban J connectivity index is 2.43. The minimum atomic E-state index is -0.950. The average Bonchev–Trinajstić information content (AvgIpc) is 2.40. The van der Waals surface area contributed by atoms with E-state index >= 15 is 0 Å². The Hall–Kier alpha value is 0.137. The van der Waals surface area contributed by atoms with Crippen LogP contribution in [0.1, 0.15) is 26.2 Å². The van der Waals surface area contributed by atoms with Gasteiger partial charge in [0, 0.05) is 19.8 Å². The molecule has 1 rings (SSSR count). The van der Waals surface area contributed by atoms with Gasteiger partial charge < -0.3 is 8.85 Å². The summed E-state index contributed by atoms with van der Waals surface area (Å²) in [4.78, 5) is 0. The summed E-state index contributed by atoms with van der Waals surface area (Å²) >= 11 is 0. The van der Waals surface area contributed by atoms with Crippen molar-refractivity contribution in [2.45, 2.75) is 31.7 Å². The smallest absolute Gasteiger partial charge is 0.387 e. The van der Waals surface area contributed by atoms with E-state index in [1.165, 1.54) is 19.3 Å². The summed E-state index contributed by atoms with van der Waals surface area (Å²) in [5.74, 6) is 0.809. The van der Waals surface area contributed by atoms with E-state index in [4.69, 9.17) is 8.85 Å². The number of hydrogen-bond donors (Lipinski definition) is 0. The van der Waals surface area contributed by atoms with E-state index in [2.05, 4.69) is 6.92 Å². The molecular weight excluding hydrogens is 156 g/mol. The third-order valence-corrected chi connectivity index (χ3v) is 4.83. The highest BCUT2D eigenvalue weighted by Crippen LogP contribution is 2.38. The van der Waals surface area contributed by atoms with Crippen LogP contribution in [0.3, 0.4) is 0 Å². The van der Waals surface area contributed by atoms with Gasteiger partial charge in [0.15, 0.2) is 0 Å². The molecule has 0 spiro atoms. The molecule has 1 aliphatic rings. The van der Waals surface area contributed by atoms with Gasteiger partial charge in [0.2, 0.25) is 0 Å². The first-order chi connectivity index (χ1) is 5.29. The van der Waals surface area contributed by atoms with Crippen LogP contribution >= 0.6 is 0 Å². The van der Waals surface area contributed by atoms with Crippen molar-refractivity contribution in [1.82, 2.24) is 0 Å². The van der Waals surface area contributed by atoms with Crippen molar-refractivity contribution < 1.29 is 8.85 Å². The second-order valence-corrected chi connectivity index (χ2v) is 5.44. The fraction of sp³-hybridized carbons (Fsp3) is 1.00. The van der Waals surface area contributed by atoms with Gasteiger partial charge in [-0.1, -0.05) is 19.8 Å². The van der Waals surface area contributed by atoms with Crippen LogP contribution in [0, 0.1) is 5.92 Å². The Morgan fingerprint density at radius 1 is 1.18 bits per heavy atom. The summed E-state index contributed by atoms with van der Waals surface area (Å²) in [6.45, 7) is 2.31. The summed E-state index contributed by atoms with van der Waals surface area (Å²) < 4.78 is 10.7. The second-order valence-electron chi connectivity index (χ2n) is 3.24. The van der Waals surface area contributed by atoms with E-state index in [-0.39, 0.29) is 0 Å². The van der Waals surface area contributed by atoms with Gasteiger partial charge in [-0.15, -0.1) is 0 Å². The molecule has 0 bridgehead atoms. The molecule has 3 heteroatoms. The SMILES string of the molecule is CO[Si](OC)C1CCCC1C. The molecular formula is C8H17O2Si. The van der Waals surface area contributed by atoms with Crippen molar-refractivity contribution in [3.8, 4) is 0 Å². The van der Waals surface area contributed by atoms with Crippen molar-refractivity contribution in [2.24, 2.45) is 5.92 Å². The van der Waals surface area contributed by atoms with Gasteiger partial charge in [0.1, 0.15) is 0 Å². The molecule has 0 heterocycles. The molecule has 1 saturated carbocycles. The zero-order chi connectivity index (χ0) is 8.27. The highest BCUT2D eigenvalue weighted by atomic mass is 28.3. The van der Waals surface area contributed by atoms with Crippen LogP contribution in [-0.2, 0) is 8.85 Å². The van der Waals surface area contributed by atoms with Crippen LogP contribution in [-0.4, -0.2) is 23.5 Å². The first kappa shape index (κ1) is 9.23. The summed E-state index contributed by atoms with van der Waals surface area (Å²) in [6, 6.07) is 0. The molecule has 2 unspecified atom stereocenters. The van der Waals surface area contributed by atoms with Crippen LogP contribution < -0.4 is 0 Å². The molecule has 1 aliphatic carbocycles. The second kappa shape index (κ2) is 4.23. The minimum absolute atomic E-state index is 0.718. The summed E-state index contributed by atoms with van der Waals surface area (Å²) in [5.41, 5.74) is 0.718. The van der Waals surface area contributed by atoms with Crippen molar-refractivity contribution in [3.05, 3.63) is 0 Å². The summed E-state index contributed by atoms with van der Waals surface area (Å²) in [7, 11) is 2.58. The summed E-state index contributed by atoms with van der Waals surface area (Å²) in [6.07, 6.45) is 4.01. The molecule has 0 N–H and O–H groups in total. The largest absolute Gasteiger partial charge is 0.397 e. The Bertz CT molecular complexity index is 115. The van der Waals surface area contributed by atoms with E-state index in [0.29, 0.717) is 0 Å². The lowest BCUT2D eigenvalue weighted by Crippen LogP contribution is -2.27. The number of rotatable bonds is 3. The molecule has 1 radical (unpaired) electrons. The van der Waals surface area contributed by atoms with Gasteiger partial charge in [-0.2, -0.15) is 0 Å². The van der Waals surface area contributed by atoms with Crippen LogP contribution in [0.5, 0.6) is 0 Å². The molecule has 0 aromatic carbocycles. The standard InChI is InChI=1S/C8H17O2Si/c1-7-5-4-6-8(7)11(9-2)10-3/h7-8H,4-6H2,1-3H3. The van der Waals surface area contributed by atoms with E-state index in [0.717, 1.165) is 11.5 Å². The van der Waals surface area contributed by atoms with Crippen LogP contribution in [0.2, 0.25) is 5.54 Å². The van der Waals surface area contributed by atoms with Crippen molar-refractivity contribution in [2.75, 3.05) is 14.2 Å². The maximum Gasteiger partial charge on any atom is 0.387 e. The maximum atomic E-state index is 5.33. The van der Waals surface area contributed by atoms with E-state index in [1.54, 1.807) is 14.2 Å². The van der Waals surface area contributed by atoms with Gasteiger partial charge >= 0.3 is 9.28 Å². The Kier molecular flexibility index (Phi) is 3.55. The fourth-order valence-corrected chi connectivity index (χ4v) is 3.72. The van der Waals surface area contributed by atoms with Gasteiger partial charge in [0.25, 0.3) is 0 Å². The molecule has 1 fully saturated rings. The van der Waals surface area contributed by atoms with Crippen LogP contribution in [0.25, 0.3) is 0 Å². The van der Waals surface area contributed by atoms with Crippen molar-refractivity contribution in [1.29, 1.82) is 0 Å². The number of hydrogen-bond acceptors (Lipinski definition) is 2. The van der Waals surface area contributed by atoms with Gasteiger partial charge in [-0.25, -0.2) is 0 Å². The topological polar surface area (TPSA) is 18.5 Å². The molecule has 2 nitrogen and oxygen atoms in total. The monoisotopic (exact) mass is 173 g/mol. The van der Waals surface area contributed by atoms with Crippen molar-refractivity contribution >= 4 is 9.28 Å². The highest BCUT2D eigenvalue weighted by Gasteiger charge is 2.34. The van der Waals surface area contributed by atoms with Crippen LogP contribution in [0.4, 0.5) is 0 Å². The first-order valence-corrected chi connectivity index (χ1v) is 5.63. The van der Waals surface area contributed by atoms with E-state index in [9.17, 15) is 0 Å². The lowest BCUT2D eigenvalue weighted by molar-refractivity contribution is 0.257. The third-order valence-electron chi connectivity index (χ3n) is 2.57. The Labute approximate surface area is 70.7 Å². The zero-order valence-corrected chi connectivity index (χ0v) is 8.59. The van der Waals surface area contributed by atoms with Crippen molar-refractivity contribution in [3.63, 3.8) is 0 Å². The average molecular weight is 173 g/mol. The molecule has 0 amide bonds. The highest BCUT2D eigenvalue weighted by molar-refractivity contribution is 6.46. The molecule has 65 valence electrons. The van der Waals surface area contributed by atoms with Gasteiger partial charge in [-0.3, -0.25) is 0 Å². The third kappa shape index (κ3) is 2.04. The molecule has 0 aromatic rings. The molecule has 2 atom stereocenters. The molecule has 0 saturated heterocycles. The van der Waals surface area contributed by atoms with Crippen LogP contribution in [0.15, 0.2) is 0 Å². The van der Waals surface area contributed by atoms with E-state index in [1.807, 2.05) is 0 Å². The predicted molar refractivity (Wildman–Crippen MR) is 46.5 cm³/mol. The fourth-order valence-electron chi connectivity index (χ4n) is 1.88. The predicted octanol–water partition coefficient (Wildman–Crippen LogP) is 1.96. The maximum absolute atomic E-state index is 5.33. The molecule has 0 aliphatic heterocycles.